The molecule has 0 atom stereocenters. The van der Waals surface area contributed by atoms with Crippen molar-refractivity contribution in [2.45, 2.75) is 0 Å². The van der Waals surface area contributed by atoms with Crippen LogP contribution >= 0.6 is 34.2 Å². The average Bonchev–Trinajstić information content (AvgIpc) is 2.58. The Morgan fingerprint density at radius 3 is 2.53 bits per heavy atom. The normalized spacial score (nSPS) is 10.7. The van der Waals surface area contributed by atoms with Gasteiger partial charge in [0, 0.05) is 22.6 Å². The smallest absolute Gasteiger partial charge is 0.278 e. The summed E-state index contributed by atoms with van der Waals surface area (Å²) in [6, 6.07) is 1.78. The highest BCUT2D eigenvalue weighted by atomic mass is 127. The molecular weight excluding hydrogens is 340 g/mol. The molecule has 0 N–H and O–H groups in total. The molecule has 1 heterocycles. The molecule has 0 bridgehead atoms. The molecule has 0 aliphatic carbocycles. The molecule has 7 heteroatoms. The molecule has 0 unspecified atom stereocenters. The standard InChI is InChI=1S/C8H2ClF2IN2O/c9-4-2-5(10)3(1-6(4)11)7-13-14-8(12)15-7/h1-2H. The van der Waals surface area contributed by atoms with Gasteiger partial charge in [-0.25, -0.2) is 8.78 Å². The zero-order chi connectivity index (χ0) is 11.0. The van der Waals surface area contributed by atoms with Crippen LogP contribution in [0.2, 0.25) is 5.02 Å². The van der Waals surface area contributed by atoms with Crippen LogP contribution in [-0.4, -0.2) is 10.2 Å². The van der Waals surface area contributed by atoms with Gasteiger partial charge < -0.3 is 4.42 Å². The molecule has 0 saturated carbocycles. The van der Waals surface area contributed by atoms with Gasteiger partial charge in [0.05, 0.1) is 10.6 Å². The monoisotopic (exact) mass is 342 g/mol. The van der Waals surface area contributed by atoms with Gasteiger partial charge in [-0.05, 0) is 12.1 Å². The predicted molar refractivity (Wildman–Crippen MR) is 57.4 cm³/mol. The van der Waals surface area contributed by atoms with Crippen LogP contribution in [0.1, 0.15) is 0 Å². The Balaban J connectivity index is 2.58. The lowest BCUT2D eigenvalue weighted by Gasteiger charge is -1.99. The Kier molecular flexibility index (Phi) is 2.87. The molecule has 0 spiro atoms. The molecule has 0 amide bonds. The molecule has 0 fully saturated rings. The molecule has 1 aromatic heterocycles. The predicted octanol–water partition coefficient (Wildman–Crippen LogP) is 3.27. The number of hydrogen-bond acceptors (Lipinski definition) is 3. The van der Waals surface area contributed by atoms with Crippen LogP contribution < -0.4 is 0 Å². The van der Waals surface area contributed by atoms with Crippen molar-refractivity contribution in [2.75, 3.05) is 0 Å². The number of halogens is 4. The van der Waals surface area contributed by atoms with E-state index in [1.165, 1.54) is 0 Å². The van der Waals surface area contributed by atoms with Crippen LogP contribution in [0.3, 0.4) is 0 Å². The van der Waals surface area contributed by atoms with E-state index in [1.807, 2.05) is 0 Å². The first-order valence-corrected chi connectivity index (χ1v) is 5.17. The van der Waals surface area contributed by atoms with E-state index in [1.54, 1.807) is 22.6 Å². The number of rotatable bonds is 1. The number of aromatic nitrogens is 2. The van der Waals surface area contributed by atoms with Gasteiger partial charge in [0.15, 0.2) is 0 Å². The van der Waals surface area contributed by atoms with E-state index in [4.69, 9.17) is 16.0 Å². The summed E-state index contributed by atoms with van der Waals surface area (Å²) in [4.78, 5) is 0. The highest BCUT2D eigenvalue weighted by Gasteiger charge is 2.15. The Bertz CT molecular complexity index is 517. The molecular formula is C8H2ClF2IN2O. The van der Waals surface area contributed by atoms with Gasteiger partial charge in [-0.1, -0.05) is 11.6 Å². The average molecular weight is 342 g/mol. The minimum Gasteiger partial charge on any atom is -0.412 e. The Morgan fingerprint density at radius 2 is 1.93 bits per heavy atom. The van der Waals surface area contributed by atoms with Crippen LogP contribution in [0.15, 0.2) is 16.5 Å². The van der Waals surface area contributed by atoms with E-state index in [2.05, 4.69) is 10.2 Å². The van der Waals surface area contributed by atoms with Crippen molar-refractivity contribution in [3.05, 3.63) is 32.7 Å². The van der Waals surface area contributed by atoms with Crippen LogP contribution in [0.25, 0.3) is 11.5 Å². The molecule has 0 radical (unpaired) electrons. The summed E-state index contributed by atoms with van der Waals surface area (Å²) >= 11 is 7.17. The summed E-state index contributed by atoms with van der Waals surface area (Å²) < 4.78 is 31.6. The first-order valence-electron chi connectivity index (χ1n) is 3.72. The molecule has 2 aromatic rings. The van der Waals surface area contributed by atoms with Crippen molar-refractivity contribution in [2.24, 2.45) is 0 Å². The van der Waals surface area contributed by atoms with E-state index >= 15 is 0 Å². The van der Waals surface area contributed by atoms with Crippen molar-refractivity contribution in [1.82, 2.24) is 10.2 Å². The van der Waals surface area contributed by atoms with Gasteiger partial charge in [0.25, 0.3) is 9.79 Å². The van der Waals surface area contributed by atoms with Gasteiger partial charge in [-0.15, -0.1) is 10.2 Å². The molecule has 15 heavy (non-hydrogen) atoms. The zero-order valence-corrected chi connectivity index (χ0v) is 9.88. The maximum Gasteiger partial charge on any atom is 0.278 e. The zero-order valence-electron chi connectivity index (χ0n) is 6.97. The Labute approximate surface area is 102 Å². The van der Waals surface area contributed by atoms with Gasteiger partial charge in [0.2, 0.25) is 0 Å². The lowest BCUT2D eigenvalue weighted by atomic mass is 10.2. The van der Waals surface area contributed by atoms with Crippen molar-refractivity contribution in [3.63, 3.8) is 0 Å². The molecule has 78 valence electrons. The number of hydrogen-bond donors (Lipinski definition) is 0. The highest BCUT2D eigenvalue weighted by Crippen LogP contribution is 2.26. The summed E-state index contributed by atoms with van der Waals surface area (Å²) in [5, 5.41) is 6.79. The minimum atomic E-state index is -0.735. The second-order valence-electron chi connectivity index (χ2n) is 2.61. The second kappa shape index (κ2) is 4.01. The molecule has 0 aliphatic rings. The van der Waals surface area contributed by atoms with Crippen LogP contribution in [0, 0.1) is 15.5 Å². The Hall–Kier alpha value is -0.760. The first kappa shape index (κ1) is 10.7. The fourth-order valence-corrected chi connectivity index (χ4v) is 1.47. The third-order valence-corrected chi connectivity index (χ3v) is 2.37. The van der Waals surface area contributed by atoms with Crippen molar-refractivity contribution < 1.29 is 13.2 Å². The van der Waals surface area contributed by atoms with E-state index in [0.717, 1.165) is 12.1 Å². The third-order valence-electron chi connectivity index (χ3n) is 1.64. The molecule has 3 nitrogen and oxygen atoms in total. The number of benzene rings is 1. The van der Waals surface area contributed by atoms with Crippen molar-refractivity contribution in [1.29, 1.82) is 0 Å². The Morgan fingerprint density at radius 1 is 1.20 bits per heavy atom. The summed E-state index contributed by atoms with van der Waals surface area (Å²) in [5.74, 6) is -1.52. The van der Waals surface area contributed by atoms with E-state index in [-0.39, 0.29) is 20.4 Å². The lowest BCUT2D eigenvalue weighted by molar-refractivity contribution is 0.527. The van der Waals surface area contributed by atoms with E-state index < -0.39 is 11.6 Å². The summed E-state index contributed by atoms with van der Waals surface area (Å²) in [5.41, 5.74) is -0.104. The largest absolute Gasteiger partial charge is 0.412 e. The fourth-order valence-electron chi connectivity index (χ4n) is 1.00. The van der Waals surface area contributed by atoms with Gasteiger partial charge in [-0.3, -0.25) is 0 Å². The fraction of sp³-hybridized carbons (Fsp3) is 0. The number of nitrogens with zero attached hydrogens (tertiary/aromatic N) is 2. The molecule has 0 saturated heterocycles. The lowest BCUT2D eigenvalue weighted by Crippen LogP contribution is -1.88. The van der Waals surface area contributed by atoms with E-state index in [9.17, 15) is 8.78 Å². The van der Waals surface area contributed by atoms with Crippen molar-refractivity contribution in [3.8, 4) is 11.5 Å². The summed E-state index contributed by atoms with van der Waals surface area (Å²) in [6.07, 6.45) is 0. The first-order chi connectivity index (χ1) is 7.08. The maximum absolute atomic E-state index is 13.3. The quantitative estimate of drug-likeness (QED) is 0.590. The second-order valence-corrected chi connectivity index (χ2v) is 3.94. The van der Waals surface area contributed by atoms with Crippen molar-refractivity contribution >= 4 is 34.2 Å². The molecule has 2 rings (SSSR count). The maximum atomic E-state index is 13.3. The highest BCUT2D eigenvalue weighted by molar-refractivity contribution is 14.1. The SMILES string of the molecule is Fc1cc(-c2nnc(I)o2)c(F)cc1Cl. The topological polar surface area (TPSA) is 38.9 Å². The molecule has 1 aromatic carbocycles. The van der Waals surface area contributed by atoms with Gasteiger partial charge in [0.1, 0.15) is 11.6 Å². The van der Waals surface area contributed by atoms with Gasteiger partial charge in [-0.2, -0.15) is 0 Å². The van der Waals surface area contributed by atoms with Gasteiger partial charge >= 0.3 is 0 Å². The third kappa shape index (κ3) is 2.10. The summed E-state index contributed by atoms with van der Waals surface area (Å²) in [7, 11) is 0. The summed E-state index contributed by atoms with van der Waals surface area (Å²) in [6.45, 7) is 0. The van der Waals surface area contributed by atoms with Crippen LogP contribution in [0.4, 0.5) is 8.78 Å². The van der Waals surface area contributed by atoms with Crippen LogP contribution in [-0.2, 0) is 0 Å². The van der Waals surface area contributed by atoms with E-state index in [0.29, 0.717) is 0 Å². The minimum absolute atomic E-state index is 0.0764. The van der Waals surface area contributed by atoms with Crippen LogP contribution in [0.5, 0.6) is 0 Å². The molecule has 0 aliphatic heterocycles.